The molecule has 0 bridgehead atoms. The monoisotopic (exact) mass is 533 g/mol. The van der Waals surface area contributed by atoms with Crippen molar-refractivity contribution in [2.75, 3.05) is 31.6 Å². The zero-order valence-electron chi connectivity index (χ0n) is 17.9. The number of anilines is 1. The molecule has 2 aromatic rings. The van der Waals surface area contributed by atoms with E-state index in [9.17, 15) is 18.0 Å². The second-order valence-corrected chi connectivity index (χ2v) is 7.94. The highest BCUT2D eigenvalue weighted by atomic mass is 79.9. The summed E-state index contributed by atoms with van der Waals surface area (Å²) in [6.07, 6.45) is -5.26. The maximum atomic E-state index is 12.5. The molecular weight excluding hydrogens is 511 g/mol. The van der Waals surface area contributed by atoms with Crippen molar-refractivity contribution in [1.82, 2.24) is 9.88 Å². The number of morpholine rings is 1. The molecule has 1 saturated heterocycles. The first kappa shape index (κ1) is 26.4. The van der Waals surface area contributed by atoms with E-state index in [0.29, 0.717) is 32.1 Å². The molecule has 1 aliphatic heterocycles. The largest absolute Gasteiger partial charge is 0.490 e. The van der Waals surface area contributed by atoms with E-state index in [1.165, 1.54) is 0 Å². The third kappa shape index (κ3) is 8.89. The van der Waals surface area contributed by atoms with Gasteiger partial charge in [-0.15, -0.1) is 0 Å². The number of carboxylic acids is 1. The molecule has 1 aromatic carbocycles. The minimum Gasteiger partial charge on any atom is -0.490 e. The van der Waals surface area contributed by atoms with Crippen molar-refractivity contribution < 1.29 is 37.3 Å². The second-order valence-electron chi connectivity index (χ2n) is 7.08. The minimum atomic E-state index is -5.08. The molecule has 1 unspecified atom stereocenters. The zero-order chi connectivity index (χ0) is 24.6. The van der Waals surface area contributed by atoms with E-state index in [-0.39, 0.29) is 12.1 Å². The number of hydrogen-bond acceptors (Lipinski definition) is 5. The van der Waals surface area contributed by atoms with Crippen molar-refractivity contribution >= 4 is 33.7 Å². The molecule has 2 N–H and O–H groups in total. The van der Waals surface area contributed by atoms with Crippen molar-refractivity contribution in [3.63, 3.8) is 0 Å². The predicted molar refractivity (Wildman–Crippen MR) is 117 cm³/mol. The van der Waals surface area contributed by atoms with E-state index in [0.717, 1.165) is 21.5 Å². The fourth-order valence-corrected chi connectivity index (χ4v) is 3.24. The molecule has 33 heavy (non-hydrogen) atoms. The molecule has 2 amide bonds. The number of nitrogens with one attached hydrogen (secondary N) is 1. The molecular formula is C21H23BrF3N3O5. The maximum absolute atomic E-state index is 12.5. The molecule has 180 valence electrons. The summed E-state index contributed by atoms with van der Waals surface area (Å²) in [5.41, 5.74) is 1.94. The number of pyridine rings is 1. The minimum absolute atomic E-state index is 0.170. The van der Waals surface area contributed by atoms with E-state index >= 15 is 0 Å². The molecule has 0 radical (unpaired) electrons. The average Bonchev–Trinajstić information content (AvgIpc) is 2.72. The van der Waals surface area contributed by atoms with Crippen LogP contribution in [0.1, 0.15) is 11.3 Å². The summed E-state index contributed by atoms with van der Waals surface area (Å²) < 4.78 is 44.2. The number of carbonyl (C=O) groups excluding carboxylic acids is 1. The molecule has 0 aliphatic carbocycles. The summed E-state index contributed by atoms with van der Waals surface area (Å²) in [5, 5.41) is 9.99. The van der Waals surface area contributed by atoms with Gasteiger partial charge in [-0.3, -0.25) is 5.32 Å². The smallest absolute Gasteiger partial charge is 0.490 e. The van der Waals surface area contributed by atoms with Crippen LogP contribution in [-0.4, -0.2) is 65.6 Å². The Hall–Kier alpha value is -2.86. The number of carbonyl (C=O) groups is 2. The highest BCUT2D eigenvalue weighted by Crippen LogP contribution is 2.24. The van der Waals surface area contributed by atoms with Crippen LogP contribution in [0.25, 0.3) is 0 Å². The molecule has 1 fully saturated rings. The quantitative estimate of drug-likeness (QED) is 0.603. The lowest BCUT2D eigenvalue weighted by atomic mass is 10.2. The van der Waals surface area contributed by atoms with Gasteiger partial charge >= 0.3 is 18.2 Å². The number of urea groups is 1. The fourth-order valence-electron chi connectivity index (χ4n) is 2.84. The summed E-state index contributed by atoms with van der Waals surface area (Å²) >= 11 is 3.46. The highest BCUT2D eigenvalue weighted by Gasteiger charge is 2.38. The molecule has 8 nitrogen and oxygen atoms in total. The number of halogens is 4. The molecule has 1 aromatic heterocycles. The Morgan fingerprint density at radius 1 is 1.30 bits per heavy atom. The van der Waals surface area contributed by atoms with Gasteiger partial charge in [-0.1, -0.05) is 12.1 Å². The first-order valence-electron chi connectivity index (χ1n) is 9.76. The Bertz CT molecular complexity index is 954. The number of benzene rings is 1. The van der Waals surface area contributed by atoms with Crippen LogP contribution in [0.4, 0.5) is 23.8 Å². The molecule has 2 heterocycles. The normalized spacial score (nSPS) is 15.8. The lowest BCUT2D eigenvalue weighted by Crippen LogP contribution is -2.49. The van der Waals surface area contributed by atoms with Gasteiger partial charge in [0, 0.05) is 12.2 Å². The Balaban J connectivity index is 0.000000479. The van der Waals surface area contributed by atoms with Gasteiger partial charge in [-0.2, -0.15) is 13.2 Å². The summed E-state index contributed by atoms with van der Waals surface area (Å²) in [6, 6.07) is 11.3. The number of amides is 2. The first-order valence-corrected chi connectivity index (χ1v) is 10.5. The van der Waals surface area contributed by atoms with Gasteiger partial charge in [-0.25, -0.2) is 14.6 Å². The third-order valence-corrected chi connectivity index (χ3v) is 4.92. The number of carboxylic acid groups (broad SMARTS) is 1. The molecule has 3 rings (SSSR count). The van der Waals surface area contributed by atoms with Crippen molar-refractivity contribution in [1.29, 1.82) is 0 Å². The number of para-hydroxylation sites is 1. The average molecular weight is 534 g/mol. The summed E-state index contributed by atoms with van der Waals surface area (Å²) in [7, 11) is 0. The summed E-state index contributed by atoms with van der Waals surface area (Å²) in [6.45, 7) is 5.77. The molecule has 1 atom stereocenters. The Morgan fingerprint density at radius 2 is 1.97 bits per heavy atom. The number of hydrogen-bond donors (Lipinski definition) is 2. The van der Waals surface area contributed by atoms with E-state index in [2.05, 4.69) is 26.2 Å². The van der Waals surface area contributed by atoms with Gasteiger partial charge in [0.05, 0.1) is 17.6 Å². The van der Waals surface area contributed by atoms with Crippen LogP contribution >= 0.6 is 15.9 Å². The Morgan fingerprint density at radius 3 is 2.58 bits per heavy atom. The molecule has 12 heteroatoms. The fraction of sp³-hybridized carbons (Fsp3) is 0.381. The van der Waals surface area contributed by atoms with Crippen LogP contribution in [0.2, 0.25) is 0 Å². The Labute approximate surface area is 196 Å². The van der Waals surface area contributed by atoms with Crippen molar-refractivity contribution in [3.05, 3.63) is 52.1 Å². The van der Waals surface area contributed by atoms with Gasteiger partial charge in [0.15, 0.2) is 0 Å². The van der Waals surface area contributed by atoms with Crippen LogP contribution in [0.15, 0.2) is 40.9 Å². The third-order valence-electron chi connectivity index (χ3n) is 4.26. The van der Waals surface area contributed by atoms with Crippen molar-refractivity contribution in [2.24, 2.45) is 0 Å². The molecule has 0 spiro atoms. The van der Waals surface area contributed by atoms with E-state index < -0.39 is 12.1 Å². The van der Waals surface area contributed by atoms with Crippen LogP contribution in [0.5, 0.6) is 5.75 Å². The predicted octanol–water partition coefficient (Wildman–Crippen LogP) is 4.41. The van der Waals surface area contributed by atoms with Gasteiger partial charge < -0.3 is 19.5 Å². The number of rotatable bonds is 4. The van der Waals surface area contributed by atoms with Crippen LogP contribution in [-0.2, 0) is 9.53 Å². The first-order chi connectivity index (χ1) is 15.5. The van der Waals surface area contributed by atoms with Crippen molar-refractivity contribution in [2.45, 2.75) is 26.1 Å². The Kier molecular flexibility index (Phi) is 9.47. The number of aliphatic carboxylic acids is 1. The highest BCUT2D eigenvalue weighted by molar-refractivity contribution is 9.10. The van der Waals surface area contributed by atoms with Crippen molar-refractivity contribution in [3.8, 4) is 5.75 Å². The number of alkyl halides is 3. The second kappa shape index (κ2) is 11.8. The van der Waals surface area contributed by atoms with E-state index in [4.69, 9.17) is 19.4 Å². The topological polar surface area (TPSA) is 101 Å². The van der Waals surface area contributed by atoms with Gasteiger partial charge in [0.25, 0.3) is 0 Å². The number of ether oxygens (including phenoxy) is 2. The number of nitrogens with zero attached hydrogens (tertiary/aromatic N) is 2. The van der Waals surface area contributed by atoms with E-state index in [1.54, 1.807) is 4.90 Å². The van der Waals surface area contributed by atoms with Gasteiger partial charge in [0.1, 0.15) is 24.3 Å². The van der Waals surface area contributed by atoms with Crippen LogP contribution in [0.3, 0.4) is 0 Å². The summed E-state index contributed by atoms with van der Waals surface area (Å²) in [5.74, 6) is -1.43. The summed E-state index contributed by atoms with van der Waals surface area (Å²) in [4.78, 5) is 27.5. The van der Waals surface area contributed by atoms with Crippen LogP contribution in [0, 0.1) is 13.8 Å². The SMILES string of the molecule is Cc1cc(C)nc(NC(=O)N2CCOC(COc3ccccc3Br)C2)c1.O=C(O)C(F)(F)F. The lowest BCUT2D eigenvalue weighted by Gasteiger charge is -2.32. The molecule has 0 saturated carbocycles. The van der Waals surface area contributed by atoms with Gasteiger partial charge in [0.2, 0.25) is 0 Å². The van der Waals surface area contributed by atoms with E-state index in [1.807, 2.05) is 50.2 Å². The van der Waals surface area contributed by atoms with Crippen LogP contribution < -0.4 is 10.1 Å². The van der Waals surface area contributed by atoms with Gasteiger partial charge in [-0.05, 0) is 59.6 Å². The standard InChI is InChI=1S/C19H22BrN3O3.C2HF3O2/c1-13-9-14(2)21-18(10-13)22-19(24)23-7-8-25-15(11-23)12-26-17-6-4-3-5-16(17)20;3-2(4,5)1(6)7/h3-6,9-10,15H,7-8,11-12H2,1-2H3,(H,21,22,24);(H,6,7). The number of aromatic nitrogens is 1. The zero-order valence-corrected chi connectivity index (χ0v) is 19.4. The number of aryl methyl sites for hydroxylation is 2. The molecule has 1 aliphatic rings. The maximum Gasteiger partial charge on any atom is 0.490 e. The lowest BCUT2D eigenvalue weighted by molar-refractivity contribution is -0.192.